The molecule has 0 N–H and O–H groups in total. The molecule has 4 fully saturated rings. The SMILES string of the molecule is CCC1CCC(C2CCCC[C@]23CC2(CCCCC2)C3(Cl)Cl)CC1. The average molecular weight is 371 g/mol. The highest BCUT2D eigenvalue weighted by molar-refractivity contribution is 6.50. The molecule has 138 valence electrons. The molecule has 0 bridgehead atoms. The van der Waals surface area contributed by atoms with Gasteiger partial charge in [0.25, 0.3) is 0 Å². The van der Waals surface area contributed by atoms with Gasteiger partial charge in [-0.2, -0.15) is 0 Å². The summed E-state index contributed by atoms with van der Waals surface area (Å²) >= 11 is 14.6. The van der Waals surface area contributed by atoms with E-state index in [1.165, 1.54) is 96.3 Å². The molecule has 4 rings (SSSR count). The van der Waals surface area contributed by atoms with Gasteiger partial charge >= 0.3 is 0 Å². The number of alkyl halides is 2. The van der Waals surface area contributed by atoms with Crippen LogP contribution in [0.3, 0.4) is 0 Å². The third kappa shape index (κ3) is 2.52. The molecule has 4 aliphatic rings. The van der Waals surface area contributed by atoms with E-state index in [2.05, 4.69) is 6.92 Å². The van der Waals surface area contributed by atoms with Gasteiger partial charge < -0.3 is 0 Å². The highest BCUT2D eigenvalue weighted by atomic mass is 35.5. The maximum Gasteiger partial charge on any atom is 0.129 e. The van der Waals surface area contributed by atoms with Crippen LogP contribution in [0.15, 0.2) is 0 Å². The molecule has 2 heteroatoms. The summed E-state index contributed by atoms with van der Waals surface area (Å²) in [5, 5.41) is 0. The Morgan fingerprint density at radius 2 is 1.46 bits per heavy atom. The van der Waals surface area contributed by atoms with Gasteiger partial charge in [0.05, 0.1) is 0 Å². The molecule has 0 aromatic rings. The lowest BCUT2D eigenvalue weighted by atomic mass is 9.39. The van der Waals surface area contributed by atoms with Gasteiger partial charge in [0.15, 0.2) is 0 Å². The molecule has 2 spiro atoms. The predicted molar refractivity (Wildman–Crippen MR) is 105 cm³/mol. The number of hydrogen-bond acceptors (Lipinski definition) is 0. The van der Waals surface area contributed by atoms with Crippen molar-refractivity contribution in [1.82, 2.24) is 0 Å². The zero-order valence-electron chi connectivity index (χ0n) is 15.6. The molecule has 0 nitrogen and oxygen atoms in total. The quantitative estimate of drug-likeness (QED) is 0.433. The van der Waals surface area contributed by atoms with E-state index in [4.69, 9.17) is 23.2 Å². The molecule has 0 heterocycles. The fourth-order valence-corrected chi connectivity index (χ4v) is 8.64. The second-order valence-electron chi connectivity index (χ2n) is 9.79. The van der Waals surface area contributed by atoms with Crippen LogP contribution in [0.1, 0.15) is 103 Å². The van der Waals surface area contributed by atoms with Gasteiger partial charge in [0, 0.05) is 10.8 Å². The van der Waals surface area contributed by atoms with Crippen molar-refractivity contribution >= 4 is 23.2 Å². The Morgan fingerprint density at radius 3 is 2.08 bits per heavy atom. The molecule has 0 saturated heterocycles. The highest BCUT2D eigenvalue weighted by Crippen LogP contribution is 2.78. The van der Waals surface area contributed by atoms with Gasteiger partial charge in [-0.25, -0.2) is 0 Å². The van der Waals surface area contributed by atoms with Crippen molar-refractivity contribution in [2.24, 2.45) is 28.6 Å². The van der Waals surface area contributed by atoms with Crippen molar-refractivity contribution in [2.45, 2.75) is 108 Å². The van der Waals surface area contributed by atoms with Crippen molar-refractivity contribution in [1.29, 1.82) is 0 Å². The molecule has 1 unspecified atom stereocenters. The summed E-state index contributed by atoms with van der Waals surface area (Å²) < 4.78 is -0.437. The Morgan fingerprint density at radius 1 is 0.792 bits per heavy atom. The van der Waals surface area contributed by atoms with Gasteiger partial charge in [-0.3, -0.25) is 0 Å². The summed E-state index contributed by atoms with van der Waals surface area (Å²) in [5.41, 5.74) is 0.528. The van der Waals surface area contributed by atoms with Gasteiger partial charge in [0.1, 0.15) is 4.33 Å². The maximum atomic E-state index is 7.31. The molecule has 0 radical (unpaired) electrons. The van der Waals surface area contributed by atoms with Crippen LogP contribution in [0.4, 0.5) is 0 Å². The van der Waals surface area contributed by atoms with E-state index in [-0.39, 0.29) is 10.8 Å². The smallest absolute Gasteiger partial charge is 0.100 e. The summed E-state index contributed by atoms with van der Waals surface area (Å²) in [6.45, 7) is 2.37. The monoisotopic (exact) mass is 370 g/mol. The standard InChI is InChI=1S/C22H36Cl2/c1-2-17-9-11-18(12-10-17)19-8-4-7-15-21(19)16-20(22(21,23)24)13-5-3-6-14-20/h17-19H,2-16H2,1H3/t17?,18?,19?,21-/m0/s1. The van der Waals surface area contributed by atoms with E-state index in [0.717, 1.165) is 17.8 Å². The fraction of sp³-hybridized carbons (Fsp3) is 1.00. The molecule has 24 heavy (non-hydrogen) atoms. The molecule has 0 amide bonds. The fourth-order valence-electron chi connectivity index (χ4n) is 7.53. The molecule has 4 saturated carbocycles. The first-order chi connectivity index (χ1) is 11.5. The Kier molecular flexibility index (Phi) is 4.96. The summed E-state index contributed by atoms with van der Waals surface area (Å²) in [6.07, 6.45) is 20.7. The van der Waals surface area contributed by atoms with Crippen molar-refractivity contribution in [3.05, 3.63) is 0 Å². The molecule has 0 aliphatic heterocycles. The van der Waals surface area contributed by atoms with Crippen LogP contribution >= 0.6 is 23.2 Å². The lowest BCUT2D eigenvalue weighted by Crippen LogP contribution is -2.69. The van der Waals surface area contributed by atoms with Crippen LogP contribution < -0.4 is 0 Å². The minimum Gasteiger partial charge on any atom is -0.100 e. The number of halogens is 2. The van der Waals surface area contributed by atoms with E-state index < -0.39 is 4.33 Å². The first-order valence-electron chi connectivity index (χ1n) is 10.9. The molecular weight excluding hydrogens is 335 g/mol. The molecule has 4 aliphatic carbocycles. The summed E-state index contributed by atoms with van der Waals surface area (Å²) in [7, 11) is 0. The van der Waals surface area contributed by atoms with E-state index in [9.17, 15) is 0 Å². The van der Waals surface area contributed by atoms with E-state index in [1.807, 2.05) is 0 Å². The van der Waals surface area contributed by atoms with Gasteiger partial charge in [-0.05, 0) is 62.7 Å². The molecule has 0 aromatic carbocycles. The summed E-state index contributed by atoms with van der Waals surface area (Å²) in [5.74, 6) is 2.71. The topological polar surface area (TPSA) is 0 Å². The van der Waals surface area contributed by atoms with Crippen LogP contribution in [0.2, 0.25) is 0 Å². The van der Waals surface area contributed by atoms with Crippen molar-refractivity contribution < 1.29 is 0 Å². The minimum atomic E-state index is -0.437. The third-order valence-electron chi connectivity index (χ3n) is 8.89. The Hall–Kier alpha value is 0.580. The molecule has 2 atom stereocenters. The lowest BCUT2D eigenvalue weighted by molar-refractivity contribution is -0.154. The van der Waals surface area contributed by atoms with Crippen LogP contribution in [0.25, 0.3) is 0 Å². The van der Waals surface area contributed by atoms with Crippen molar-refractivity contribution in [3.8, 4) is 0 Å². The average Bonchev–Trinajstić information content (AvgIpc) is 2.63. The van der Waals surface area contributed by atoms with Crippen LogP contribution in [-0.2, 0) is 0 Å². The summed E-state index contributed by atoms with van der Waals surface area (Å²) in [4.78, 5) is 0. The number of rotatable bonds is 2. The van der Waals surface area contributed by atoms with Gasteiger partial charge in [-0.15, -0.1) is 23.2 Å². The second kappa shape index (κ2) is 6.63. The number of hydrogen-bond donors (Lipinski definition) is 0. The van der Waals surface area contributed by atoms with Crippen LogP contribution in [-0.4, -0.2) is 4.33 Å². The third-order valence-corrected chi connectivity index (χ3v) is 10.4. The van der Waals surface area contributed by atoms with Crippen molar-refractivity contribution in [3.63, 3.8) is 0 Å². The lowest BCUT2D eigenvalue weighted by Gasteiger charge is -2.71. The zero-order valence-corrected chi connectivity index (χ0v) is 17.1. The van der Waals surface area contributed by atoms with E-state index >= 15 is 0 Å². The van der Waals surface area contributed by atoms with Crippen LogP contribution in [0.5, 0.6) is 0 Å². The highest BCUT2D eigenvalue weighted by Gasteiger charge is 2.74. The van der Waals surface area contributed by atoms with Crippen LogP contribution in [0, 0.1) is 28.6 Å². The minimum absolute atomic E-state index is 0.259. The molecular formula is C22H36Cl2. The summed E-state index contributed by atoms with van der Waals surface area (Å²) in [6, 6.07) is 0. The Bertz CT molecular complexity index is 443. The van der Waals surface area contributed by atoms with Crippen molar-refractivity contribution in [2.75, 3.05) is 0 Å². The second-order valence-corrected chi connectivity index (χ2v) is 11.1. The predicted octanol–water partition coefficient (Wildman–Crippen LogP) is 7.91. The van der Waals surface area contributed by atoms with Gasteiger partial charge in [0.2, 0.25) is 0 Å². The van der Waals surface area contributed by atoms with E-state index in [1.54, 1.807) is 0 Å². The molecule has 0 aromatic heterocycles. The Balaban J connectivity index is 1.54. The first kappa shape index (κ1) is 18.0. The largest absolute Gasteiger partial charge is 0.129 e. The zero-order chi connectivity index (χ0) is 16.8. The van der Waals surface area contributed by atoms with Gasteiger partial charge in [-0.1, -0.05) is 58.3 Å². The Labute approximate surface area is 159 Å². The maximum absolute atomic E-state index is 7.31. The first-order valence-corrected chi connectivity index (χ1v) is 11.7. The van der Waals surface area contributed by atoms with E-state index in [0.29, 0.717) is 0 Å². The normalized spacial score (nSPS) is 44.4.